The van der Waals surface area contributed by atoms with E-state index < -0.39 is 0 Å². The van der Waals surface area contributed by atoms with Gasteiger partial charge in [-0.25, -0.2) is 11.6 Å². The third-order valence-corrected chi connectivity index (χ3v) is 2.49. The van der Waals surface area contributed by atoms with Crippen LogP contribution in [0.15, 0.2) is 48.1 Å². The summed E-state index contributed by atoms with van der Waals surface area (Å²) in [6.45, 7) is 2.23. The van der Waals surface area contributed by atoms with Crippen molar-refractivity contribution in [3.05, 3.63) is 59.7 Å². The quantitative estimate of drug-likeness (QED) is 0.714. The third kappa shape index (κ3) is 2.54. The number of allylic oxidation sites excluding steroid dienone is 4. The predicted octanol–water partition coefficient (Wildman–Crippen LogP) is 3.48. The molecule has 14 heavy (non-hydrogen) atoms. The largest absolute Gasteiger partial charge is 0.269 e. The van der Waals surface area contributed by atoms with Gasteiger partial charge in [0.05, 0.1) is 0 Å². The van der Waals surface area contributed by atoms with Gasteiger partial charge in [0.25, 0.3) is 0 Å². The molecule has 0 aromatic heterocycles. The Bertz CT molecular complexity index is 336. The van der Waals surface area contributed by atoms with E-state index in [1.807, 2.05) is 0 Å². The van der Waals surface area contributed by atoms with Crippen LogP contribution in [-0.4, -0.2) is 0 Å². The second-order valence-electron chi connectivity index (χ2n) is 3.37. The summed E-state index contributed by atoms with van der Waals surface area (Å²) in [5, 5.41) is 0. The van der Waals surface area contributed by atoms with Gasteiger partial charge in [-0.15, -0.1) is 6.42 Å². The summed E-state index contributed by atoms with van der Waals surface area (Å²) in [4.78, 5) is 0. The van der Waals surface area contributed by atoms with Gasteiger partial charge in [0.1, 0.15) is 0 Å². The first kappa shape index (κ1) is 11.7. The third-order valence-electron chi connectivity index (χ3n) is 2.49. The molecule has 1 heteroatoms. The zero-order valence-corrected chi connectivity index (χ0v) is 10.8. The Kier molecular flexibility index (Phi) is 4.55. The van der Waals surface area contributed by atoms with E-state index in [0.717, 1.165) is 6.42 Å². The number of benzene rings is 1. The van der Waals surface area contributed by atoms with Crippen molar-refractivity contribution in [2.24, 2.45) is 0 Å². The van der Waals surface area contributed by atoms with Gasteiger partial charge in [0.15, 0.2) is 0 Å². The molecule has 1 aliphatic rings. The summed E-state index contributed by atoms with van der Waals surface area (Å²) in [5.74, 6) is 0.486. The minimum Gasteiger partial charge on any atom is -0.269 e. The Balaban J connectivity index is 0.000000980. The SMILES string of the molecule is CC(C1=[C-]CC=C1)c1ccccc1.[Zr]. The molecule has 0 N–H and O–H groups in total. The second-order valence-corrected chi connectivity index (χ2v) is 3.37. The van der Waals surface area contributed by atoms with Crippen LogP contribution in [-0.2, 0) is 26.2 Å². The van der Waals surface area contributed by atoms with Crippen molar-refractivity contribution in [3.63, 3.8) is 0 Å². The number of rotatable bonds is 2. The van der Waals surface area contributed by atoms with Crippen LogP contribution in [0.3, 0.4) is 0 Å². The number of hydrogen-bond donors (Lipinski definition) is 0. The van der Waals surface area contributed by atoms with Crippen LogP contribution in [0, 0.1) is 6.08 Å². The average molecular weight is 260 g/mol. The Morgan fingerprint density at radius 2 is 1.93 bits per heavy atom. The van der Waals surface area contributed by atoms with Crippen molar-refractivity contribution in [3.8, 4) is 0 Å². The van der Waals surface area contributed by atoms with E-state index in [1.165, 1.54) is 11.1 Å². The molecule has 0 saturated heterocycles. The van der Waals surface area contributed by atoms with Gasteiger partial charge in [-0.2, -0.15) is 6.08 Å². The molecule has 0 nitrogen and oxygen atoms in total. The molecule has 70 valence electrons. The Morgan fingerprint density at radius 3 is 2.50 bits per heavy atom. The fourth-order valence-electron chi connectivity index (χ4n) is 1.64. The Hall–Kier alpha value is -0.417. The van der Waals surface area contributed by atoms with Crippen molar-refractivity contribution in [2.45, 2.75) is 19.3 Å². The summed E-state index contributed by atoms with van der Waals surface area (Å²) in [6.07, 6.45) is 8.68. The van der Waals surface area contributed by atoms with E-state index in [9.17, 15) is 0 Å². The van der Waals surface area contributed by atoms with Gasteiger partial charge in [0.2, 0.25) is 0 Å². The summed E-state index contributed by atoms with van der Waals surface area (Å²) in [6, 6.07) is 10.6. The number of hydrogen-bond acceptors (Lipinski definition) is 0. The topological polar surface area (TPSA) is 0 Å². The Morgan fingerprint density at radius 1 is 1.21 bits per heavy atom. The van der Waals surface area contributed by atoms with Gasteiger partial charge >= 0.3 is 0 Å². The van der Waals surface area contributed by atoms with E-state index in [4.69, 9.17) is 0 Å². The van der Waals surface area contributed by atoms with E-state index in [-0.39, 0.29) is 26.2 Å². The first-order valence-corrected chi connectivity index (χ1v) is 4.70. The molecule has 0 amide bonds. The van der Waals surface area contributed by atoms with E-state index >= 15 is 0 Å². The van der Waals surface area contributed by atoms with Gasteiger partial charge in [-0.3, -0.25) is 6.08 Å². The van der Waals surface area contributed by atoms with Crippen LogP contribution in [0.5, 0.6) is 0 Å². The maximum absolute atomic E-state index is 3.36. The predicted molar refractivity (Wildman–Crippen MR) is 55.4 cm³/mol. The second kappa shape index (κ2) is 5.46. The molecule has 0 fully saturated rings. The first-order chi connectivity index (χ1) is 6.38. The van der Waals surface area contributed by atoms with Gasteiger partial charge in [0, 0.05) is 26.2 Å². The van der Waals surface area contributed by atoms with Crippen molar-refractivity contribution in [1.82, 2.24) is 0 Å². The molecule has 0 bridgehead atoms. The minimum atomic E-state index is 0. The van der Waals surface area contributed by atoms with Gasteiger partial charge in [-0.05, 0) is 11.5 Å². The van der Waals surface area contributed by atoms with Crippen LogP contribution in [0.4, 0.5) is 0 Å². The molecule has 1 atom stereocenters. The average Bonchev–Trinajstić information content (AvgIpc) is 2.71. The van der Waals surface area contributed by atoms with Crippen LogP contribution in [0.1, 0.15) is 24.8 Å². The van der Waals surface area contributed by atoms with Gasteiger partial charge in [-0.1, -0.05) is 37.3 Å². The summed E-state index contributed by atoms with van der Waals surface area (Å²) in [7, 11) is 0. The normalized spacial score (nSPS) is 15.9. The van der Waals surface area contributed by atoms with Crippen molar-refractivity contribution >= 4 is 0 Å². The molecule has 1 unspecified atom stereocenters. The van der Waals surface area contributed by atoms with Gasteiger partial charge < -0.3 is 0 Å². The van der Waals surface area contributed by atoms with Crippen LogP contribution >= 0.6 is 0 Å². The zero-order valence-electron chi connectivity index (χ0n) is 8.33. The van der Waals surface area contributed by atoms with Crippen molar-refractivity contribution in [1.29, 1.82) is 0 Å². The monoisotopic (exact) mass is 259 g/mol. The fraction of sp³-hybridized carbons (Fsp3) is 0.231. The molecular weight excluding hydrogens is 247 g/mol. The first-order valence-electron chi connectivity index (χ1n) is 4.70. The molecule has 1 aromatic carbocycles. The standard InChI is InChI=1S/C13H13.Zr/c1-11(13-9-5-6-10-13)12-7-3-2-4-8-12;/h2-5,7-9,11H,6H2,1H3;/q-1;. The molecule has 0 heterocycles. The van der Waals surface area contributed by atoms with Crippen molar-refractivity contribution in [2.75, 3.05) is 0 Å². The molecule has 0 aliphatic heterocycles. The van der Waals surface area contributed by atoms with E-state index in [1.54, 1.807) is 0 Å². The molecule has 2 rings (SSSR count). The molecule has 0 spiro atoms. The maximum Gasteiger partial charge on any atom is 0 e. The van der Waals surface area contributed by atoms with E-state index in [2.05, 4.69) is 55.5 Å². The molecule has 0 saturated carbocycles. The van der Waals surface area contributed by atoms with Crippen LogP contribution < -0.4 is 0 Å². The summed E-state index contributed by atoms with van der Waals surface area (Å²) < 4.78 is 0. The smallest absolute Gasteiger partial charge is 0 e. The minimum absolute atomic E-state index is 0. The van der Waals surface area contributed by atoms with Crippen LogP contribution in [0.2, 0.25) is 0 Å². The Labute approximate surface area is 105 Å². The fourth-order valence-corrected chi connectivity index (χ4v) is 1.64. The molecule has 1 aromatic rings. The zero-order chi connectivity index (χ0) is 9.10. The van der Waals surface area contributed by atoms with Crippen LogP contribution in [0.25, 0.3) is 0 Å². The molecule has 0 radical (unpaired) electrons. The van der Waals surface area contributed by atoms with Crippen molar-refractivity contribution < 1.29 is 26.2 Å². The maximum atomic E-state index is 3.36. The summed E-state index contributed by atoms with van der Waals surface area (Å²) >= 11 is 0. The van der Waals surface area contributed by atoms with E-state index in [0.29, 0.717) is 5.92 Å². The molecular formula is C13H13Zr-. The molecule has 1 aliphatic carbocycles. The summed E-state index contributed by atoms with van der Waals surface area (Å²) in [5.41, 5.74) is 2.70.